The van der Waals surface area contributed by atoms with Crippen molar-refractivity contribution in [2.45, 2.75) is 32.2 Å². The highest BCUT2D eigenvalue weighted by molar-refractivity contribution is 5.37. The second-order valence-electron chi connectivity index (χ2n) is 4.63. The summed E-state index contributed by atoms with van der Waals surface area (Å²) in [6.45, 7) is 5.59. The van der Waals surface area contributed by atoms with Gasteiger partial charge >= 0.3 is 0 Å². The van der Waals surface area contributed by atoms with Gasteiger partial charge in [-0.05, 0) is 38.9 Å². The van der Waals surface area contributed by atoms with Crippen LogP contribution in [-0.2, 0) is 0 Å². The number of nitrogens with two attached hydrogens (primary N) is 1. The highest BCUT2D eigenvalue weighted by atomic mass is 15.2. The summed E-state index contributed by atoms with van der Waals surface area (Å²) in [5.41, 5.74) is 5.54. The van der Waals surface area contributed by atoms with Crippen LogP contribution in [0.15, 0.2) is 12.3 Å². The maximum Gasteiger partial charge on any atom is 0.221 e. The molecule has 17 heavy (non-hydrogen) atoms. The van der Waals surface area contributed by atoms with Gasteiger partial charge < -0.3 is 11.1 Å². The molecule has 1 aliphatic rings. The van der Waals surface area contributed by atoms with Crippen molar-refractivity contribution >= 4 is 11.8 Å². The van der Waals surface area contributed by atoms with E-state index in [1.54, 1.807) is 6.20 Å². The number of likely N-dealkylation sites (tertiary alicyclic amines) is 1. The van der Waals surface area contributed by atoms with Gasteiger partial charge in [0, 0.05) is 18.8 Å². The Hall–Kier alpha value is -1.36. The SMILES string of the molecule is CC(CNc1ccnc(N)n1)N1CCCCC1. The summed E-state index contributed by atoms with van der Waals surface area (Å²) in [5, 5.41) is 3.31. The van der Waals surface area contributed by atoms with Crippen molar-refractivity contribution in [3.63, 3.8) is 0 Å². The minimum atomic E-state index is 0.320. The molecule has 1 aliphatic heterocycles. The zero-order valence-electron chi connectivity index (χ0n) is 10.4. The van der Waals surface area contributed by atoms with Crippen molar-refractivity contribution in [1.29, 1.82) is 0 Å². The normalized spacial score (nSPS) is 18.9. The molecule has 94 valence electrons. The first-order valence-corrected chi connectivity index (χ1v) is 6.32. The molecule has 3 N–H and O–H groups in total. The van der Waals surface area contributed by atoms with E-state index < -0.39 is 0 Å². The first-order valence-electron chi connectivity index (χ1n) is 6.32. The zero-order chi connectivity index (χ0) is 12.1. The third-order valence-corrected chi connectivity index (χ3v) is 3.27. The van der Waals surface area contributed by atoms with Crippen molar-refractivity contribution in [3.8, 4) is 0 Å². The fourth-order valence-corrected chi connectivity index (χ4v) is 2.21. The molecule has 5 heteroatoms. The maximum absolute atomic E-state index is 5.54. The molecule has 0 spiro atoms. The van der Waals surface area contributed by atoms with Gasteiger partial charge in [0.1, 0.15) is 5.82 Å². The summed E-state index contributed by atoms with van der Waals surface area (Å²) in [6.07, 6.45) is 5.70. The smallest absolute Gasteiger partial charge is 0.221 e. The van der Waals surface area contributed by atoms with E-state index in [4.69, 9.17) is 5.73 Å². The predicted octanol–water partition coefficient (Wildman–Crippen LogP) is 1.35. The van der Waals surface area contributed by atoms with Crippen LogP contribution in [0.4, 0.5) is 11.8 Å². The lowest BCUT2D eigenvalue weighted by Gasteiger charge is -2.32. The molecule has 0 saturated carbocycles. The largest absolute Gasteiger partial charge is 0.368 e. The topological polar surface area (TPSA) is 67.1 Å². The molecule has 1 atom stereocenters. The number of aromatic nitrogens is 2. The van der Waals surface area contributed by atoms with Crippen molar-refractivity contribution in [2.75, 3.05) is 30.7 Å². The van der Waals surface area contributed by atoms with E-state index in [9.17, 15) is 0 Å². The molecule has 0 bridgehead atoms. The molecule has 1 aromatic heterocycles. The molecular weight excluding hydrogens is 214 g/mol. The van der Waals surface area contributed by atoms with E-state index in [1.807, 2.05) is 6.07 Å². The summed E-state index contributed by atoms with van der Waals surface area (Å²) >= 11 is 0. The van der Waals surface area contributed by atoms with Gasteiger partial charge in [0.05, 0.1) is 0 Å². The van der Waals surface area contributed by atoms with Crippen LogP contribution in [0.2, 0.25) is 0 Å². The van der Waals surface area contributed by atoms with E-state index >= 15 is 0 Å². The summed E-state index contributed by atoms with van der Waals surface area (Å²) in [4.78, 5) is 10.5. The van der Waals surface area contributed by atoms with Crippen molar-refractivity contribution in [2.24, 2.45) is 0 Å². The van der Waals surface area contributed by atoms with Crippen molar-refractivity contribution in [3.05, 3.63) is 12.3 Å². The monoisotopic (exact) mass is 235 g/mol. The molecule has 2 rings (SSSR count). The van der Waals surface area contributed by atoms with Crippen LogP contribution in [0.3, 0.4) is 0 Å². The Bertz CT molecular complexity index is 349. The molecule has 0 aromatic carbocycles. The summed E-state index contributed by atoms with van der Waals surface area (Å²) in [7, 11) is 0. The van der Waals surface area contributed by atoms with E-state index in [1.165, 1.54) is 32.4 Å². The zero-order valence-corrected chi connectivity index (χ0v) is 10.4. The standard InChI is InChI=1S/C12H21N5/c1-10(17-7-3-2-4-8-17)9-15-11-5-6-14-12(13)16-11/h5-6,10H,2-4,7-9H2,1H3,(H3,13,14,15,16). The lowest BCUT2D eigenvalue weighted by molar-refractivity contribution is 0.180. The third-order valence-electron chi connectivity index (χ3n) is 3.27. The quantitative estimate of drug-likeness (QED) is 0.824. The molecule has 0 radical (unpaired) electrons. The van der Waals surface area contributed by atoms with Crippen molar-refractivity contribution < 1.29 is 0 Å². The van der Waals surface area contributed by atoms with Gasteiger partial charge in [0.2, 0.25) is 5.95 Å². The fourth-order valence-electron chi connectivity index (χ4n) is 2.21. The van der Waals surface area contributed by atoms with Gasteiger partial charge in [0.15, 0.2) is 0 Å². The maximum atomic E-state index is 5.54. The number of nitrogen functional groups attached to an aromatic ring is 1. The number of nitrogens with zero attached hydrogens (tertiary/aromatic N) is 3. The first-order chi connectivity index (χ1) is 8.25. The fraction of sp³-hybridized carbons (Fsp3) is 0.667. The molecule has 0 aliphatic carbocycles. The van der Waals surface area contributed by atoms with Crippen LogP contribution < -0.4 is 11.1 Å². The van der Waals surface area contributed by atoms with Crippen molar-refractivity contribution in [1.82, 2.24) is 14.9 Å². The van der Waals surface area contributed by atoms with Gasteiger partial charge in [-0.2, -0.15) is 4.98 Å². The van der Waals surface area contributed by atoms with Gasteiger partial charge in [-0.1, -0.05) is 6.42 Å². The minimum Gasteiger partial charge on any atom is -0.368 e. The lowest BCUT2D eigenvalue weighted by atomic mass is 10.1. The second kappa shape index (κ2) is 5.82. The Kier molecular flexibility index (Phi) is 4.14. The van der Waals surface area contributed by atoms with E-state index in [2.05, 4.69) is 27.1 Å². The molecule has 1 unspecified atom stereocenters. The highest BCUT2D eigenvalue weighted by Crippen LogP contribution is 2.12. The molecule has 5 nitrogen and oxygen atoms in total. The molecular formula is C12H21N5. The van der Waals surface area contributed by atoms with Gasteiger partial charge in [-0.25, -0.2) is 4.98 Å². The van der Waals surface area contributed by atoms with Crippen LogP contribution in [-0.4, -0.2) is 40.5 Å². The third kappa shape index (κ3) is 3.56. The summed E-state index contributed by atoms with van der Waals surface area (Å²) in [5.74, 6) is 1.13. The Labute approximate surface area is 102 Å². The Morgan fingerprint density at radius 3 is 2.88 bits per heavy atom. The van der Waals surface area contributed by atoms with Crippen LogP contribution in [0, 0.1) is 0 Å². The van der Waals surface area contributed by atoms with Gasteiger partial charge in [-0.3, -0.25) is 4.90 Å². The van der Waals surface area contributed by atoms with Crippen LogP contribution in [0.25, 0.3) is 0 Å². The second-order valence-corrected chi connectivity index (χ2v) is 4.63. The van der Waals surface area contributed by atoms with E-state index in [0.29, 0.717) is 12.0 Å². The molecule has 1 aromatic rings. The Morgan fingerprint density at radius 2 is 2.18 bits per heavy atom. The lowest BCUT2D eigenvalue weighted by Crippen LogP contribution is -2.41. The van der Waals surface area contributed by atoms with E-state index in [0.717, 1.165) is 12.4 Å². The average Bonchev–Trinajstić information content (AvgIpc) is 2.37. The van der Waals surface area contributed by atoms with Gasteiger partial charge in [0.25, 0.3) is 0 Å². The first kappa shape index (κ1) is 12.1. The Morgan fingerprint density at radius 1 is 1.41 bits per heavy atom. The van der Waals surface area contributed by atoms with Crippen LogP contribution >= 0.6 is 0 Å². The van der Waals surface area contributed by atoms with Crippen LogP contribution in [0.1, 0.15) is 26.2 Å². The van der Waals surface area contributed by atoms with E-state index in [-0.39, 0.29) is 0 Å². The van der Waals surface area contributed by atoms with Crippen LogP contribution in [0.5, 0.6) is 0 Å². The number of nitrogens with one attached hydrogen (secondary N) is 1. The Balaban J connectivity index is 1.80. The predicted molar refractivity (Wildman–Crippen MR) is 69.8 cm³/mol. The minimum absolute atomic E-state index is 0.320. The number of hydrogen-bond acceptors (Lipinski definition) is 5. The number of piperidine rings is 1. The molecule has 2 heterocycles. The number of hydrogen-bond donors (Lipinski definition) is 2. The average molecular weight is 235 g/mol. The van der Waals surface area contributed by atoms with Gasteiger partial charge in [-0.15, -0.1) is 0 Å². The number of anilines is 2. The molecule has 1 fully saturated rings. The summed E-state index contributed by atoms with van der Waals surface area (Å²) < 4.78 is 0. The molecule has 1 saturated heterocycles. The highest BCUT2D eigenvalue weighted by Gasteiger charge is 2.16. The summed E-state index contributed by atoms with van der Waals surface area (Å²) in [6, 6.07) is 2.38. The number of rotatable bonds is 4. The molecule has 0 amide bonds.